The standard InChI is InChI=1S/C23H23Cl2N5O2S/c1-3-30-20(13-26-21(31)11-9-16-6-4-5-7-18(16)24)28-29-23(30)33-14-22(32)27-17-10-8-15(2)19(25)12-17/h4-12H,3,13-14H2,1-2H3,(H,26,31)(H,27,32)/b11-9+. The van der Waals surface area contributed by atoms with E-state index in [1.165, 1.54) is 17.8 Å². The van der Waals surface area contributed by atoms with Crippen LogP contribution in [0.2, 0.25) is 10.0 Å². The lowest BCUT2D eigenvalue weighted by Gasteiger charge is -2.09. The molecule has 0 fully saturated rings. The molecule has 2 N–H and O–H groups in total. The summed E-state index contributed by atoms with van der Waals surface area (Å²) in [7, 11) is 0. The Bertz CT molecular complexity index is 1180. The molecule has 3 rings (SSSR count). The van der Waals surface area contributed by atoms with Gasteiger partial charge in [0.25, 0.3) is 0 Å². The highest BCUT2D eigenvalue weighted by atomic mass is 35.5. The first-order valence-corrected chi connectivity index (χ1v) is 11.9. The topological polar surface area (TPSA) is 88.9 Å². The van der Waals surface area contributed by atoms with Crippen LogP contribution in [-0.4, -0.2) is 32.3 Å². The number of anilines is 1. The summed E-state index contributed by atoms with van der Waals surface area (Å²) in [5.74, 6) is 0.317. The Kier molecular flexibility index (Phi) is 8.94. The zero-order chi connectivity index (χ0) is 23.8. The second-order valence-electron chi connectivity index (χ2n) is 7.02. The molecule has 1 aromatic heterocycles. The first kappa shape index (κ1) is 24.8. The summed E-state index contributed by atoms with van der Waals surface area (Å²) in [6.45, 7) is 4.66. The smallest absolute Gasteiger partial charge is 0.244 e. The van der Waals surface area contributed by atoms with E-state index in [9.17, 15) is 9.59 Å². The van der Waals surface area contributed by atoms with Crippen LogP contribution in [0.25, 0.3) is 6.08 Å². The van der Waals surface area contributed by atoms with Crippen LogP contribution in [0.5, 0.6) is 0 Å². The minimum Gasteiger partial charge on any atom is -0.345 e. The van der Waals surface area contributed by atoms with E-state index < -0.39 is 0 Å². The van der Waals surface area contributed by atoms with E-state index in [2.05, 4.69) is 20.8 Å². The lowest BCUT2D eigenvalue weighted by molar-refractivity contribution is -0.116. The van der Waals surface area contributed by atoms with Gasteiger partial charge in [-0.25, -0.2) is 0 Å². The Hall–Kier alpha value is -2.81. The van der Waals surface area contributed by atoms with E-state index in [-0.39, 0.29) is 24.1 Å². The molecule has 7 nitrogen and oxygen atoms in total. The molecule has 172 valence electrons. The van der Waals surface area contributed by atoms with Crippen molar-refractivity contribution in [2.75, 3.05) is 11.1 Å². The number of aromatic nitrogens is 3. The lowest BCUT2D eigenvalue weighted by atomic mass is 10.2. The van der Waals surface area contributed by atoms with Crippen molar-refractivity contribution in [2.24, 2.45) is 0 Å². The van der Waals surface area contributed by atoms with Crippen molar-refractivity contribution in [3.8, 4) is 0 Å². The summed E-state index contributed by atoms with van der Waals surface area (Å²) in [5.41, 5.74) is 2.34. The molecule has 2 aromatic carbocycles. The number of amides is 2. The van der Waals surface area contributed by atoms with Crippen LogP contribution in [0, 0.1) is 6.92 Å². The Morgan fingerprint density at radius 1 is 1.12 bits per heavy atom. The summed E-state index contributed by atoms with van der Waals surface area (Å²) >= 11 is 13.5. The Balaban J connectivity index is 1.53. The molecule has 1 heterocycles. The molecule has 10 heteroatoms. The number of benzene rings is 2. The van der Waals surface area contributed by atoms with Crippen molar-refractivity contribution in [3.05, 3.63) is 75.5 Å². The first-order chi connectivity index (χ1) is 15.9. The maximum absolute atomic E-state index is 12.3. The van der Waals surface area contributed by atoms with Gasteiger partial charge in [0, 0.05) is 28.4 Å². The number of carbonyl (C=O) groups is 2. The number of nitrogens with one attached hydrogen (secondary N) is 2. The van der Waals surface area contributed by atoms with Gasteiger partial charge in [0.15, 0.2) is 11.0 Å². The lowest BCUT2D eigenvalue weighted by Crippen LogP contribution is -2.22. The number of hydrogen-bond acceptors (Lipinski definition) is 5. The predicted molar refractivity (Wildman–Crippen MR) is 134 cm³/mol. The van der Waals surface area contributed by atoms with Gasteiger partial charge in [0.05, 0.1) is 12.3 Å². The van der Waals surface area contributed by atoms with Crippen molar-refractivity contribution in [1.82, 2.24) is 20.1 Å². The van der Waals surface area contributed by atoms with Gasteiger partial charge < -0.3 is 15.2 Å². The molecule has 0 saturated heterocycles. The van der Waals surface area contributed by atoms with Gasteiger partial charge in [-0.15, -0.1) is 10.2 Å². The molecule has 33 heavy (non-hydrogen) atoms. The molecule has 3 aromatic rings. The third-order valence-corrected chi connectivity index (χ3v) is 6.36. The van der Waals surface area contributed by atoms with Gasteiger partial charge in [0.2, 0.25) is 11.8 Å². The van der Waals surface area contributed by atoms with Gasteiger partial charge in [0.1, 0.15) is 0 Å². The first-order valence-electron chi connectivity index (χ1n) is 10.2. The molecule has 2 amide bonds. The largest absolute Gasteiger partial charge is 0.345 e. The molecular weight excluding hydrogens is 481 g/mol. The van der Waals surface area contributed by atoms with Gasteiger partial charge in [-0.1, -0.05) is 59.2 Å². The van der Waals surface area contributed by atoms with E-state index in [0.29, 0.717) is 33.3 Å². The Morgan fingerprint density at radius 2 is 1.91 bits per heavy atom. The number of nitrogens with zero attached hydrogens (tertiary/aromatic N) is 3. The van der Waals surface area contributed by atoms with Crippen molar-refractivity contribution < 1.29 is 9.59 Å². The number of halogens is 2. The minimum atomic E-state index is -0.272. The average molecular weight is 504 g/mol. The van der Waals surface area contributed by atoms with Crippen molar-refractivity contribution >= 4 is 58.5 Å². The second kappa shape index (κ2) is 11.9. The fourth-order valence-corrected chi connectivity index (χ4v) is 4.07. The zero-order valence-electron chi connectivity index (χ0n) is 18.1. The molecular formula is C23H23Cl2N5O2S. The van der Waals surface area contributed by atoms with Crippen LogP contribution in [0.3, 0.4) is 0 Å². The van der Waals surface area contributed by atoms with Gasteiger partial charge >= 0.3 is 0 Å². The van der Waals surface area contributed by atoms with Crippen LogP contribution < -0.4 is 10.6 Å². The highest BCUT2D eigenvalue weighted by molar-refractivity contribution is 7.99. The summed E-state index contributed by atoms with van der Waals surface area (Å²) in [6, 6.07) is 12.6. The molecule has 0 bridgehead atoms. The highest BCUT2D eigenvalue weighted by Gasteiger charge is 2.14. The van der Waals surface area contributed by atoms with Crippen LogP contribution >= 0.6 is 35.0 Å². The molecule has 0 atom stereocenters. The Labute approximate surface area is 206 Å². The fourth-order valence-electron chi connectivity index (χ4n) is 2.87. The van der Waals surface area contributed by atoms with E-state index in [1.807, 2.05) is 42.7 Å². The SMILES string of the molecule is CCn1c(CNC(=O)/C=C/c2ccccc2Cl)nnc1SCC(=O)Nc1ccc(C)c(Cl)c1. The second-order valence-corrected chi connectivity index (χ2v) is 8.77. The monoisotopic (exact) mass is 503 g/mol. The zero-order valence-corrected chi connectivity index (χ0v) is 20.5. The van der Waals surface area contributed by atoms with E-state index >= 15 is 0 Å². The number of hydrogen-bond donors (Lipinski definition) is 2. The minimum absolute atomic E-state index is 0.163. The maximum atomic E-state index is 12.3. The van der Waals surface area contributed by atoms with Crippen molar-refractivity contribution in [3.63, 3.8) is 0 Å². The van der Waals surface area contributed by atoms with Gasteiger partial charge in [-0.2, -0.15) is 0 Å². The van der Waals surface area contributed by atoms with Gasteiger partial charge in [-0.05, 0) is 49.2 Å². The van der Waals surface area contributed by atoms with E-state index in [0.717, 1.165) is 11.1 Å². The molecule has 0 aliphatic carbocycles. The molecule has 0 spiro atoms. The number of aryl methyl sites for hydroxylation is 1. The summed E-state index contributed by atoms with van der Waals surface area (Å²) in [4.78, 5) is 24.5. The summed E-state index contributed by atoms with van der Waals surface area (Å²) in [6.07, 6.45) is 3.08. The Morgan fingerprint density at radius 3 is 2.64 bits per heavy atom. The normalized spacial score (nSPS) is 11.0. The van der Waals surface area contributed by atoms with E-state index in [1.54, 1.807) is 24.3 Å². The summed E-state index contributed by atoms with van der Waals surface area (Å²) < 4.78 is 1.86. The number of rotatable bonds is 9. The molecule has 0 aliphatic rings. The quantitative estimate of drug-likeness (QED) is 0.317. The van der Waals surface area contributed by atoms with E-state index in [4.69, 9.17) is 23.2 Å². The van der Waals surface area contributed by atoms with Crippen LogP contribution in [-0.2, 0) is 22.7 Å². The van der Waals surface area contributed by atoms with Gasteiger partial charge in [-0.3, -0.25) is 9.59 Å². The summed E-state index contributed by atoms with van der Waals surface area (Å²) in [5, 5.41) is 15.7. The van der Waals surface area contributed by atoms with Crippen LogP contribution in [0.15, 0.2) is 53.7 Å². The average Bonchev–Trinajstić information content (AvgIpc) is 3.20. The third kappa shape index (κ3) is 7.08. The fraction of sp³-hybridized carbons (Fsp3) is 0.217. The number of thioether (sulfide) groups is 1. The highest BCUT2D eigenvalue weighted by Crippen LogP contribution is 2.21. The van der Waals surface area contributed by atoms with Crippen LogP contribution in [0.1, 0.15) is 23.9 Å². The molecule has 0 aliphatic heterocycles. The van der Waals surface area contributed by atoms with Crippen molar-refractivity contribution in [1.29, 1.82) is 0 Å². The predicted octanol–water partition coefficient (Wildman–Crippen LogP) is 4.97. The third-order valence-electron chi connectivity index (χ3n) is 4.64. The van der Waals surface area contributed by atoms with Crippen molar-refractivity contribution in [2.45, 2.75) is 32.1 Å². The molecule has 0 saturated carbocycles. The van der Waals surface area contributed by atoms with Crippen LogP contribution in [0.4, 0.5) is 5.69 Å². The number of carbonyl (C=O) groups excluding carboxylic acids is 2. The molecule has 0 unspecified atom stereocenters. The maximum Gasteiger partial charge on any atom is 0.244 e. The molecule has 0 radical (unpaired) electrons.